The fourth-order valence-corrected chi connectivity index (χ4v) is 2.83. The van der Waals surface area contributed by atoms with Gasteiger partial charge in [-0.05, 0) is 25.8 Å². The fraction of sp³-hybridized carbons (Fsp3) is 0.529. The van der Waals surface area contributed by atoms with Crippen LogP contribution in [0.25, 0.3) is 0 Å². The molecule has 2 rings (SSSR count). The molecule has 1 saturated heterocycles. The maximum absolute atomic E-state index is 12.2. The molecule has 1 fully saturated rings. The fourth-order valence-electron chi connectivity index (χ4n) is 2.83. The standard InChI is InChI=1S/C17H25N3O3/c1-3-20(16(21)13(2)18)15-9-10-19(11-15)17(22)23-12-14-7-5-4-6-8-14/h4-8,13,15H,3,9-12,18H2,1-2H3/t13-,15-/m0/s1. The number of nitrogens with two attached hydrogens (primary N) is 1. The highest BCUT2D eigenvalue weighted by molar-refractivity contribution is 5.81. The van der Waals surface area contributed by atoms with Crippen molar-refractivity contribution in [3.8, 4) is 0 Å². The summed E-state index contributed by atoms with van der Waals surface area (Å²) in [6.45, 7) is 5.57. The number of benzene rings is 1. The summed E-state index contributed by atoms with van der Waals surface area (Å²) < 4.78 is 5.34. The molecule has 0 unspecified atom stereocenters. The summed E-state index contributed by atoms with van der Waals surface area (Å²) in [4.78, 5) is 27.7. The minimum atomic E-state index is -0.519. The molecule has 0 bridgehead atoms. The van der Waals surface area contributed by atoms with Gasteiger partial charge in [-0.1, -0.05) is 30.3 Å². The second-order valence-electron chi connectivity index (χ2n) is 5.84. The zero-order valence-electron chi connectivity index (χ0n) is 13.8. The number of carbonyl (C=O) groups is 2. The Balaban J connectivity index is 1.86. The number of ether oxygens (including phenoxy) is 1. The molecule has 23 heavy (non-hydrogen) atoms. The maximum Gasteiger partial charge on any atom is 0.410 e. The van der Waals surface area contributed by atoms with Gasteiger partial charge < -0.3 is 20.3 Å². The number of amides is 2. The average Bonchev–Trinajstić information content (AvgIpc) is 3.04. The quantitative estimate of drug-likeness (QED) is 0.894. The van der Waals surface area contributed by atoms with E-state index in [9.17, 15) is 9.59 Å². The van der Waals surface area contributed by atoms with E-state index < -0.39 is 6.04 Å². The summed E-state index contributed by atoms with van der Waals surface area (Å²) in [6.07, 6.45) is 0.424. The summed E-state index contributed by atoms with van der Waals surface area (Å²) >= 11 is 0. The van der Waals surface area contributed by atoms with Crippen LogP contribution in [0.15, 0.2) is 30.3 Å². The van der Waals surface area contributed by atoms with Crippen LogP contribution in [0.2, 0.25) is 0 Å². The number of rotatable bonds is 5. The zero-order chi connectivity index (χ0) is 16.8. The van der Waals surface area contributed by atoms with Gasteiger partial charge in [0.1, 0.15) is 6.61 Å². The van der Waals surface area contributed by atoms with Crippen molar-refractivity contribution in [3.63, 3.8) is 0 Å². The van der Waals surface area contributed by atoms with Gasteiger partial charge in [0, 0.05) is 19.6 Å². The summed E-state index contributed by atoms with van der Waals surface area (Å²) in [5.74, 6) is -0.0722. The number of likely N-dealkylation sites (N-methyl/N-ethyl adjacent to an activating group) is 1. The molecular weight excluding hydrogens is 294 g/mol. The van der Waals surface area contributed by atoms with Crippen molar-refractivity contribution in [2.24, 2.45) is 5.73 Å². The molecule has 1 aromatic carbocycles. The molecule has 0 aliphatic carbocycles. The highest BCUT2D eigenvalue weighted by atomic mass is 16.6. The Morgan fingerprint density at radius 1 is 1.39 bits per heavy atom. The van der Waals surface area contributed by atoms with E-state index >= 15 is 0 Å². The van der Waals surface area contributed by atoms with E-state index in [1.807, 2.05) is 37.3 Å². The van der Waals surface area contributed by atoms with Crippen molar-refractivity contribution in [3.05, 3.63) is 35.9 Å². The molecule has 1 aliphatic rings. The maximum atomic E-state index is 12.2. The van der Waals surface area contributed by atoms with Crippen molar-refractivity contribution in [1.82, 2.24) is 9.80 Å². The molecule has 0 spiro atoms. The van der Waals surface area contributed by atoms with Crippen LogP contribution in [-0.2, 0) is 16.1 Å². The van der Waals surface area contributed by atoms with Gasteiger partial charge in [0.15, 0.2) is 0 Å². The van der Waals surface area contributed by atoms with Gasteiger partial charge in [-0.3, -0.25) is 4.79 Å². The first-order valence-corrected chi connectivity index (χ1v) is 8.04. The molecule has 2 amide bonds. The molecule has 126 valence electrons. The van der Waals surface area contributed by atoms with E-state index in [-0.39, 0.29) is 24.6 Å². The van der Waals surface area contributed by atoms with Gasteiger partial charge in [0.05, 0.1) is 12.1 Å². The molecule has 0 saturated carbocycles. The van der Waals surface area contributed by atoms with Crippen LogP contribution < -0.4 is 5.73 Å². The van der Waals surface area contributed by atoms with Crippen LogP contribution in [0.4, 0.5) is 4.79 Å². The summed E-state index contributed by atoms with van der Waals surface area (Å²) in [5.41, 5.74) is 6.65. The van der Waals surface area contributed by atoms with Crippen molar-refractivity contribution in [2.45, 2.75) is 39.0 Å². The lowest BCUT2D eigenvalue weighted by molar-refractivity contribution is -0.134. The van der Waals surface area contributed by atoms with E-state index in [2.05, 4.69) is 0 Å². The molecule has 2 atom stereocenters. The van der Waals surface area contributed by atoms with E-state index in [4.69, 9.17) is 10.5 Å². The minimum Gasteiger partial charge on any atom is -0.445 e. The van der Waals surface area contributed by atoms with Crippen molar-refractivity contribution in [2.75, 3.05) is 19.6 Å². The smallest absolute Gasteiger partial charge is 0.410 e. The average molecular weight is 319 g/mol. The number of carbonyl (C=O) groups excluding carboxylic acids is 2. The predicted molar refractivity (Wildman–Crippen MR) is 87.6 cm³/mol. The predicted octanol–water partition coefficient (Wildman–Crippen LogP) is 1.59. The second kappa shape index (κ2) is 7.97. The summed E-state index contributed by atoms with van der Waals surface area (Å²) in [6, 6.07) is 9.07. The Morgan fingerprint density at radius 2 is 2.09 bits per heavy atom. The third kappa shape index (κ3) is 4.45. The second-order valence-corrected chi connectivity index (χ2v) is 5.84. The highest BCUT2D eigenvalue weighted by Crippen LogP contribution is 2.17. The number of hydrogen-bond donors (Lipinski definition) is 1. The van der Waals surface area contributed by atoms with Gasteiger partial charge in [-0.15, -0.1) is 0 Å². The molecule has 6 nitrogen and oxygen atoms in total. The van der Waals surface area contributed by atoms with Crippen LogP contribution in [0.1, 0.15) is 25.8 Å². The first-order valence-electron chi connectivity index (χ1n) is 8.04. The third-order valence-electron chi connectivity index (χ3n) is 4.08. The summed E-state index contributed by atoms with van der Waals surface area (Å²) in [7, 11) is 0. The molecule has 0 aromatic heterocycles. The molecule has 1 aromatic rings. The van der Waals surface area contributed by atoms with E-state index in [0.717, 1.165) is 12.0 Å². The van der Waals surface area contributed by atoms with E-state index in [1.165, 1.54) is 0 Å². The van der Waals surface area contributed by atoms with E-state index in [1.54, 1.807) is 16.7 Å². The van der Waals surface area contributed by atoms with Gasteiger partial charge >= 0.3 is 6.09 Å². The highest BCUT2D eigenvalue weighted by Gasteiger charge is 2.33. The van der Waals surface area contributed by atoms with Crippen LogP contribution in [0.5, 0.6) is 0 Å². The molecule has 1 aliphatic heterocycles. The Hall–Kier alpha value is -2.08. The van der Waals surface area contributed by atoms with E-state index in [0.29, 0.717) is 19.6 Å². The van der Waals surface area contributed by atoms with Gasteiger partial charge in [0.25, 0.3) is 0 Å². The third-order valence-corrected chi connectivity index (χ3v) is 4.08. The first kappa shape index (κ1) is 17.3. The van der Waals surface area contributed by atoms with Gasteiger partial charge in [-0.2, -0.15) is 0 Å². The van der Waals surface area contributed by atoms with Crippen LogP contribution in [0.3, 0.4) is 0 Å². The minimum absolute atomic E-state index is 0.0165. The summed E-state index contributed by atoms with van der Waals surface area (Å²) in [5, 5.41) is 0. The van der Waals surface area contributed by atoms with Crippen LogP contribution >= 0.6 is 0 Å². The van der Waals surface area contributed by atoms with Gasteiger partial charge in [-0.25, -0.2) is 4.79 Å². The molecule has 6 heteroatoms. The Labute approximate surface area is 137 Å². The Morgan fingerprint density at radius 3 is 2.70 bits per heavy atom. The monoisotopic (exact) mass is 319 g/mol. The molecule has 2 N–H and O–H groups in total. The lowest BCUT2D eigenvalue weighted by atomic mass is 10.2. The SMILES string of the molecule is CCN(C(=O)[C@H](C)N)[C@H]1CCN(C(=O)OCc2ccccc2)C1. The normalized spacial score (nSPS) is 18.6. The molecule has 0 radical (unpaired) electrons. The number of hydrogen-bond acceptors (Lipinski definition) is 4. The Bertz CT molecular complexity index is 533. The number of likely N-dealkylation sites (tertiary alicyclic amines) is 1. The largest absolute Gasteiger partial charge is 0.445 e. The molecule has 1 heterocycles. The molecular formula is C17H25N3O3. The van der Waals surface area contributed by atoms with Crippen LogP contribution in [0, 0.1) is 0 Å². The Kier molecular flexibility index (Phi) is 5.98. The first-order chi connectivity index (χ1) is 11.0. The van der Waals surface area contributed by atoms with Crippen molar-refractivity contribution >= 4 is 12.0 Å². The van der Waals surface area contributed by atoms with Crippen molar-refractivity contribution < 1.29 is 14.3 Å². The topological polar surface area (TPSA) is 75.9 Å². The zero-order valence-corrected chi connectivity index (χ0v) is 13.8. The van der Waals surface area contributed by atoms with Crippen LogP contribution in [-0.4, -0.2) is 53.5 Å². The number of nitrogens with zero attached hydrogens (tertiary/aromatic N) is 2. The van der Waals surface area contributed by atoms with Gasteiger partial charge in [0.2, 0.25) is 5.91 Å². The lowest BCUT2D eigenvalue weighted by Gasteiger charge is -2.29. The lowest BCUT2D eigenvalue weighted by Crippen LogP contribution is -2.48. The van der Waals surface area contributed by atoms with Crippen molar-refractivity contribution in [1.29, 1.82) is 0 Å².